The standard InChI is InChI=1S/C16H18FNO2/c1-10-8-12(19-2)5-6-13(10)16(18)11-4-7-14(17)15(9-11)20-3/h4-9,16H,18H2,1-3H3. The number of benzene rings is 2. The largest absolute Gasteiger partial charge is 0.497 e. The van der Waals surface area contributed by atoms with Crippen LogP contribution in [0.25, 0.3) is 0 Å². The molecule has 3 nitrogen and oxygen atoms in total. The first kappa shape index (κ1) is 14.3. The molecule has 0 amide bonds. The van der Waals surface area contributed by atoms with Crippen LogP contribution in [0.5, 0.6) is 11.5 Å². The number of rotatable bonds is 4. The number of halogens is 1. The number of nitrogens with two attached hydrogens (primary N) is 1. The molecule has 0 aliphatic rings. The summed E-state index contributed by atoms with van der Waals surface area (Å²) >= 11 is 0. The molecule has 0 aliphatic heterocycles. The minimum atomic E-state index is -0.394. The fourth-order valence-corrected chi connectivity index (χ4v) is 2.17. The Balaban J connectivity index is 2.38. The summed E-state index contributed by atoms with van der Waals surface area (Å²) in [6.45, 7) is 1.97. The van der Waals surface area contributed by atoms with Crippen LogP contribution in [0, 0.1) is 12.7 Å². The van der Waals surface area contributed by atoms with Crippen LogP contribution in [-0.4, -0.2) is 14.2 Å². The molecule has 2 aromatic rings. The third kappa shape index (κ3) is 2.75. The summed E-state index contributed by atoms with van der Waals surface area (Å²) in [6.07, 6.45) is 0. The monoisotopic (exact) mass is 275 g/mol. The molecule has 2 rings (SSSR count). The van der Waals surface area contributed by atoms with Crippen LogP contribution in [0.15, 0.2) is 36.4 Å². The molecule has 0 radical (unpaired) electrons. The fraction of sp³-hybridized carbons (Fsp3) is 0.250. The van der Waals surface area contributed by atoms with Gasteiger partial charge in [-0.05, 0) is 47.9 Å². The zero-order valence-corrected chi connectivity index (χ0v) is 11.8. The van der Waals surface area contributed by atoms with E-state index >= 15 is 0 Å². The molecule has 2 N–H and O–H groups in total. The number of hydrogen-bond donors (Lipinski definition) is 1. The van der Waals surface area contributed by atoms with Crippen LogP contribution in [0.2, 0.25) is 0 Å². The highest BCUT2D eigenvalue weighted by atomic mass is 19.1. The zero-order chi connectivity index (χ0) is 14.7. The van der Waals surface area contributed by atoms with Crippen molar-refractivity contribution in [3.63, 3.8) is 0 Å². The second-order valence-electron chi connectivity index (χ2n) is 4.59. The van der Waals surface area contributed by atoms with Gasteiger partial charge in [0.05, 0.1) is 20.3 Å². The summed E-state index contributed by atoms with van der Waals surface area (Å²) in [5.41, 5.74) is 9.07. The topological polar surface area (TPSA) is 44.5 Å². The normalized spacial score (nSPS) is 12.1. The van der Waals surface area contributed by atoms with E-state index in [0.717, 1.165) is 22.4 Å². The predicted octanol–water partition coefficient (Wildman–Crippen LogP) is 3.20. The molecule has 0 saturated carbocycles. The number of ether oxygens (including phenoxy) is 2. The second-order valence-corrected chi connectivity index (χ2v) is 4.59. The Bertz CT molecular complexity index is 613. The van der Waals surface area contributed by atoms with Gasteiger partial charge in [0.25, 0.3) is 0 Å². The van der Waals surface area contributed by atoms with Crippen LogP contribution in [0.4, 0.5) is 4.39 Å². The molecule has 0 spiro atoms. The summed E-state index contributed by atoms with van der Waals surface area (Å²) in [7, 11) is 3.06. The van der Waals surface area contributed by atoms with Crippen LogP contribution in [0.3, 0.4) is 0 Å². The lowest BCUT2D eigenvalue weighted by Crippen LogP contribution is -2.13. The Morgan fingerprint density at radius 1 is 1.05 bits per heavy atom. The molecule has 1 unspecified atom stereocenters. The molecular weight excluding hydrogens is 257 g/mol. The zero-order valence-electron chi connectivity index (χ0n) is 11.8. The molecule has 106 valence electrons. The summed E-state index contributed by atoms with van der Waals surface area (Å²) < 4.78 is 23.6. The van der Waals surface area contributed by atoms with Crippen molar-refractivity contribution in [1.29, 1.82) is 0 Å². The van der Waals surface area contributed by atoms with Crippen molar-refractivity contribution < 1.29 is 13.9 Å². The lowest BCUT2D eigenvalue weighted by Gasteiger charge is -2.17. The van der Waals surface area contributed by atoms with Gasteiger partial charge >= 0.3 is 0 Å². The molecule has 4 heteroatoms. The van der Waals surface area contributed by atoms with Gasteiger partial charge in [-0.25, -0.2) is 4.39 Å². The summed E-state index contributed by atoms with van der Waals surface area (Å²) in [5, 5.41) is 0. The van der Waals surface area contributed by atoms with Crippen LogP contribution < -0.4 is 15.2 Å². The van der Waals surface area contributed by atoms with Gasteiger partial charge in [-0.1, -0.05) is 12.1 Å². The predicted molar refractivity (Wildman–Crippen MR) is 76.7 cm³/mol. The van der Waals surface area contributed by atoms with E-state index in [1.807, 2.05) is 25.1 Å². The minimum absolute atomic E-state index is 0.198. The summed E-state index contributed by atoms with van der Waals surface area (Å²) in [6, 6.07) is 10.0. The van der Waals surface area contributed by atoms with Gasteiger partial charge in [0.15, 0.2) is 11.6 Å². The van der Waals surface area contributed by atoms with E-state index in [1.165, 1.54) is 13.2 Å². The van der Waals surface area contributed by atoms with E-state index in [9.17, 15) is 4.39 Å². The van der Waals surface area contributed by atoms with Crippen molar-refractivity contribution in [3.05, 3.63) is 58.9 Å². The number of aryl methyl sites for hydroxylation is 1. The van der Waals surface area contributed by atoms with Crippen LogP contribution in [0.1, 0.15) is 22.7 Å². The van der Waals surface area contributed by atoms with Crippen molar-refractivity contribution in [2.75, 3.05) is 14.2 Å². The highest BCUT2D eigenvalue weighted by Gasteiger charge is 2.14. The Labute approximate surface area is 118 Å². The molecule has 0 saturated heterocycles. The van der Waals surface area contributed by atoms with Gasteiger partial charge in [0, 0.05) is 0 Å². The average molecular weight is 275 g/mol. The number of hydrogen-bond acceptors (Lipinski definition) is 3. The van der Waals surface area contributed by atoms with Gasteiger partial charge in [-0.15, -0.1) is 0 Å². The number of methoxy groups -OCH3 is 2. The van der Waals surface area contributed by atoms with Gasteiger partial charge in [-0.3, -0.25) is 0 Å². The Morgan fingerprint density at radius 2 is 1.80 bits per heavy atom. The van der Waals surface area contributed by atoms with E-state index in [0.29, 0.717) is 0 Å². The first-order valence-corrected chi connectivity index (χ1v) is 6.30. The lowest BCUT2D eigenvalue weighted by atomic mass is 9.95. The van der Waals surface area contributed by atoms with E-state index in [2.05, 4.69) is 0 Å². The lowest BCUT2D eigenvalue weighted by molar-refractivity contribution is 0.385. The molecule has 2 aromatic carbocycles. The van der Waals surface area contributed by atoms with Gasteiger partial charge in [-0.2, -0.15) is 0 Å². The molecule has 0 fully saturated rings. The molecule has 0 heterocycles. The molecule has 0 aliphatic carbocycles. The fourth-order valence-electron chi connectivity index (χ4n) is 2.17. The van der Waals surface area contributed by atoms with Gasteiger partial charge in [0.2, 0.25) is 0 Å². The average Bonchev–Trinajstić information content (AvgIpc) is 2.47. The van der Waals surface area contributed by atoms with Gasteiger partial charge < -0.3 is 15.2 Å². The van der Waals surface area contributed by atoms with Crippen LogP contribution in [-0.2, 0) is 0 Å². The van der Waals surface area contributed by atoms with Crippen LogP contribution >= 0.6 is 0 Å². The Kier molecular flexibility index (Phi) is 4.25. The Hall–Kier alpha value is -2.07. The van der Waals surface area contributed by atoms with E-state index in [1.54, 1.807) is 19.2 Å². The quantitative estimate of drug-likeness (QED) is 0.932. The van der Waals surface area contributed by atoms with E-state index in [-0.39, 0.29) is 11.8 Å². The molecular formula is C16H18FNO2. The van der Waals surface area contributed by atoms with Crippen molar-refractivity contribution in [2.24, 2.45) is 5.73 Å². The van der Waals surface area contributed by atoms with E-state index in [4.69, 9.17) is 15.2 Å². The van der Waals surface area contributed by atoms with Crippen molar-refractivity contribution >= 4 is 0 Å². The molecule has 20 heavy (non-hydrogen) atoms. The van der Waals surface area contributed by atoms with Gasteiger partial charge in [0.1, 0.15) is 5.75 Å². The Morgan fingerprint density at radius 3 is 2.40 bits per heavy atom. The van der Waals surface area contributed by atoms with Crippen molar-refractivity contribution in [2.45, 2.75) is 13.0 Å². The molecule has 0 bridgehead atoms. The van der Waals surface area contributed by atoms with E-state index < -0.39 is 5.82 Å². The maximum absolute atomic E-state index is 13.4. The second kappa shape index (κ2) is 5.92. The minimum Gasteiger partial charge on any atom is -0.497 e. The maximum atomic E-state index is 13.4. The third-order valence-electron chi connectivity index (χ3n) is 3.35. The molecule has 0 aromatic heterocycles. The maximum Gasteiger partial charge on any atom is 0.165 e. The van der Waals surface area contributed by atoms with Crippen molar-refractivity contribution in [1.82, 2.24) is 0 Å². The SMILES string of the molecule is COc1ccc(C(N)c2ccc(F)c(OC)c2)c(C)c1. The van der Waals surface area contributed by atoms with Crippen molar-refractivity contribution in [3.8, 4) is 11.5 Å². The first-order valence-electron chi connectivity index (χ1n) is 6.30. The first-order chi connectivity index (χ1) is 9.56. The highest BCUT2D eigenvalue weighted by Crippen LogP contribution is 2.28. The highest BCUT2D eigenvalue weighted by molar-refractivity contribution is 5.42. The summed E-state index contributed by atoms with van der Waals surface area (Å²) in [4.78, 5) is 0. The summed E-state index contributed by atoms with van der Waals surface area (Å²) in [5.74, 6) is 0.592. The smallest absolute Gasteiger partial charge is 0.165 e. The third-order valence-corrected chi connectivity index (χ3v) is 3.35. The molecule has 1 atom stereocenters.